The van der Waals surface area contributed by atoms with Gasteiger partial charge in [0.05, 0.1) is 0 Å². The van der Waals surface area contributed by atoms with Gasteiger partial charge in [0.15, 0.2) is 6.61 Å². The lowest BCUT2D eigenvalue weighted by atomic mass is 10.1. The van der Waals surface area contributed by atoms with Crippen molar-refractivity contribution in [3.05, 3.63) is 24.3 Å². The molecule has 1 aromatic carbocycles. The molecule has 0 radical (unpaired) electrons. The predicted octanol–water partition coefficient (Wildman–Crippen LogP) is 3.18. The minimum absolute atomic E-state index is 0.226. The van der Waals surface area contributed by atoms with E-state index in [2.05, 4.69) is 15.4 Å². The number of ether oxygens (including phenoxy) is 1. The van der Waals surface area contributed by atoms with Crippen LogP contribution in [0.25, 0.3) is 0 Å². The quantitative estimate of drug-likeness (QED) is 0.873. The third-order valence-corrected chi connectivity index (χ3v) is 3.22. The van der Waals surface area contributed by atoms with Crippen LogP contribution in [-0.2, 0) is 0 Å². The van der Waals surface area contributed by atoms with Crippen molar-refractivity contribution in [1.29, 1.82) is 0 Å². The Balaban J connectivity index is 1.76. The highest BCUT2D eigenvalue weighted by molar-refractivity contribution is 5.46. The summed E-state index contributed by atoms with van der Waals surface area (Å²) in [6.45, 7) is 0.616. The van der Waals surface area contributed by atoms with Crippen molar-refractivity contribution in [3.8, 4) is 5.75 Å². The van der Waals surface area contributed by atoms with E-state index in [0.717, 1.165) is 25.2 Å². The van der Waals surface area contributed by atoms with E-state index in [1.54, 1.807) is 24.3 Å². The Bertz CT molecular complexity index is 400. The molecular formula is C14H19F3N2O. The van der Waals surface area contributed by atoms with Crippen LogP contribution in [0.1, 0.15) is 19.3 Å². The second-order valence-electron chi connectivity index (χ2n) is 4.96. The molecule has 1 aliphatic heterocycles. The molecule has 1 aliphatic rings. The summed E-state index contributed by atoms with van der Waals surface area (Å²) in [4.78, 5) is 0. The fraction of sp³-hybridized carbons (Fsp3) is 0.571. The van der Waals surface area contributed by atoms with Crippen LogP contribution in [0.3, 0.4) is 0 Å². The summed E-state index contributed by atoms with van der Waals surface area (Å²) in [5.41, 5.74) is 0.886. The summed E-state index contributed by atoms with van der Waals surface area (Å²) in [5, 5.41) is 6.70. The molecule has 1 fully saturated rings. The lowest BCUT2D eigenvalue weighted by Gasteiger charge is -2.24. The first-order valence-electron chi connectivity index (χ1n) is 6.80. The summed E-state index contributed by atoms with van der Waals surface area (Å²) < 4.78 is 40.7. The Morgan fingerprint density at radius 3 is 2.55 bits per heavy atom. The van der Waals surface area contributed by atoms with E-state index in [1.165, 1.54) is 12.8 Å². The van der Waals surface area contributed by atoms with Crippen LogP contribution >= 0.6 is 0 Å². The molecule has 0 amide bonds. The molecule has 2 rings (SSSR count). The van der Waals surface area contributed by atoms with E-state index in [0.29, 0.717) is 6.04 Å². The van der Waals surface area contributed by atoms with Gasteiger partial charge in [0.2, 0.25) is 0 Å². The number of anilines is 1. The molecule has 0 spiro atoms. The van der Waals surface area contributed by atoms with Crippen LogP contribution in [-0.4, -0.2) is 31.9 Å². The zero-order valence-electron chi connectivity index (χ0n) is 11.2. The highest BCUT2D eigenvalue weighted by Crippen LogP contribution is 2.20. The summed E-state index contributed by atoms with van der Waals surface area (Å²) in [6.07, 6.45) is -0.686. The van der Waals surface area contributed by atoms with Gasteiger partial charge in [-0.1, -0.05) is 6.42 Å². The normalized spacial score (nSPS) is 19.6. The summed E-state index contributed by atoms with van der Waals surface area (Å²) in [5.74, 6) is 0.226. The molecule has 1 saturated heterocycles. The fourth-order valence-corrected chi connectivity index (χ4v) is 2.17. The number of hydrogen-bond acceptors (Lipinski definition) is 3. The molecule has 1 aromatic rings. The van der Waals surface area contributed by atoms with Gasteiger partial charge in [-0.3, -0.25) is 0 Å². The number of rotatable bonds is 5. The maximum Gasteiger partial charge on any atom is 0.422 e. The zero-order valence-corrected chi connectivity index (χ0v) is 11.2. The van der Waals surface area contributed by atoms with Gasteiger partial charge < -0.3 is 15.4 Å². The molecule has 0 aromatic heterocycles. The topological polar surface area (TPSA) is 33.3 Å². The summed E-state index contributed by atoms with van der Waals surface area (Å²) in [7, 11) is 0. The maximum atomic E-state index is 12.0. The Labute approximate surface area is 116 Å². The highest BCUT2D eigenvalue weighted by atomic mass is 19.4. The number of halogens is 3. The molecular weight excluding hydrogens is 269 g/mol. The number of piperidine rings is 1. The molecule has 1 heterocycles. The van der Waals surface area contributed by atoms with Gasteiger partial charge in [-0.25, -0.2) is 0 Å². The first kappa shape index (κ1) is 15.0. The van der Waals surface area contributed by atoms with Gasteiger partial charge >= 0.3 is 6.18 Å². The number of benzene rings is 1. The predicted molar refractivity (Wildman–Crippen MR) is 72.1 cm³/mol. The van der Waals surface area contributed by atoms with E-state index < -0.39 is 12.8 Å². The van der Waals surface area contributed by atoms with Gasteiger partial charge in [-0.05, 0) is 43.7 Å². The van der Waals surface area contributed by atoms with Crippen LogP contribution < -0.4 is 15.4 Å². The molecule has 1 atom stereocenters. The lowest BCUT2D eigenvalue weighted by Crippen LogP contribution is -2.39. The van der Waals surface area contributed by atoms with E-state index in [9.17, 15) is 13.2 Å². The summed E-state index contributed by atoms with van der Waals surface area (Å²) >= 11 is 0. The smallest absolute Gasteiger partial charge is 0.422 e. The van der Waals surface area contributed by atoms with Crippen LogP contribution in [0.15, 0.2) is 24.3 Å². The van der Waals surface area contributed by atoms with Crippen molar-refractivity contribution in [2.75, 3.05) is 25.0 Å². The van der Waals surface area contributed by atoms with Crippen LogP contribution in [0, 0.1) is 0 Å². The van der Waals surface area contributed by atoms with Crippen LogP contribution in [0.5, 0.6) is 5.75 Å². The van der Waals surface area contributed by atoms with E-state index >= 15 is 0 Å². The fourth-order valence-electron chi connectivity index (χ4n) is 2.17. The minimum Gasteiger partial charge on any atom is -0.484 e. The Kier molecular flexibility index (Phi) is 5.11. The number of alkyl halides is 3. The second kappa shape index (κ2) is 6.83. The van der Waals surface area contributed by atoms with Gasteiger partial charge in [-0.15, -0.1) is 0 Å². The molecule has 6 heteroatoms. The Morgan fingerprint density at radius 1 is 1.20 bits per heavy atom. The van der Waals surface area contributed by atoms with E-state index in [-0.39, 0.29) is 5.75 Å². The third-order valence-electron chi connectivity index (χ3n) is 3.22. The molecule has 2 N–H and O–H groups in total. The van der Waals surface area contributed by atoms with Crippen molar-refractivity contribution in [2.24, 2.45) is 0 Å². The van der Waals surface area contributed by atoms with E-state index in [4.69, 9.17) is 0 Å². The SMILES string of the molecule is FC(F)(F)COc1ccc(NCC2CCCCN2)cc1. The maximum absolute atomic E-state index is 12.0. The molecule has 0 aliphatic carbocycles. The zero-order chi connectivity index (χ0) is 14.4. The number of hydrogen-bond donors (Lipinski definition) is 2. The molecule has 112 valence electrons. The minimum atomic E-state index is -4.30. The summed E-state index contributed by atoms with van der Waals surface area (Å²) in [6, 6.07) is 7.01. The Morgan fingerprint density at radius 2 is 1.95 bits per heavy atom. The molecule has 3 nitrogen and oxygen atoms in total. The van der Waals surface area contributed by atoms with Gasteiger partial charge in [-0.2, -0.15) is 13.2 Å². The van der Waals surface area contributed by atoms with Crippen molar-refractivity contribution >= 4 is 5.69 Å². The average Bonchev–Trinajstić information content (AvgIpc) is 2.44. The molecule has 0 bridgehead atoms. The monoisotopic (exact) mass is 288 g/mol. The second-order valence-corrected chi connectivity index (χ2v) is 4.96. The first-order chi connectivity index (χ1) is 9.53. The van der Waals surface area contributed by atoms with E-state index in [1.807, 2.05) is 0 Å². The largest absolute Gasteiger partial charge is 0.484 e. The molecule has 1 unspecified atom stereocenters. The van der Waals surface area contributed by atoms with Gasteiger partial charge in [0.25, 0.3) is 0 Å². The third kappa shape index (κ3) is 5.28. The van der Waals surface area contributed by atoms with Crippen LogP contribution in [0.2, 0.25) is 0 Å². The molecule has 20 heavy (non-hydrogen) atoms. The first-order valence-corrected chi connectivity index (χ1v) is 6.80. The van der Waals surface area contributed by atoms with Crippen molar-refractivity contribution in [3.63, 3.8) is 0 Å². The van der Waals surface area contributed by atoms with Crippen LogP contribution in [0.4, 0.5) is 18.9 Å². The van der Waals surface area contributed by atoms with Gasteiger partial charge in [0, 0.05) is 18.3 Å². The number of nitrogens with one attached hydrogen (secondary N) is 2. The Hall–Kier alpha value is -1.43. The van der Waals surface area contributed by atoms with Gasteiger partial charge in [0.1, 0.15) is 5.75 Å². The lowest BCUT2D eigenvalue weighted by molar-refractivity contribution is -0.153. The standard InChI is InChI=1S/C14H19F3N2O/c15-14(16,17)10-20-13-6-4-11(5-7-13)19-9-12-3-1-2-8-18-12/h4-7,12,18-19H,1-3,8-10H2. The molecule has 0 saturated carbocycles. The van der Waals surface area contributed by atoms with Crippen molar-refractivity contribution in [1.82, 2.24) is 5.32 Å². The highest BCUT2D eigenvalue weighted by Gasteiger charge is 2.28. The average molecular weight is 288 g/mol. The van der Waals surface area contributed by atoms with Crippen molar-refractivity contribution in [2.45, 2.75) is 31.5 Å². The van der Waals surface area contributed by atoms with Crippen molar-refractivity contribution < 1.29 is 17.9 Å².